The fourth-order valence-corrected chi connectivity index (χ4v) is 3.07. The van der Waals surface area contributed by atoms with Crippen LogP contribution in [0.1, 0.15) is 38.0 Å². The topological polar surface area (TPSA) is 71.0 Å². The van der Waals surface area contributed by atoms with E-state index in [0.29, 0.717) is 37.8 Å². The summed E-state index contributed by atoms with van der Waals surface area (Å²) in [5, 5.41) is 3.13. The number of alkyl halides is 3. The molecule has 164 valence electrons. The Hall–Kier alpha value is -1.81. The van der Waals surface area contributed by atoms with Crippen molar-refractivity contribution in [2.45, 2.75) is 37.8 Å². The van der Waals surface area contributed by atoms with Crippen LogP contribution in [0.25, 0.3) is 0 Å². The third kappa shape index (κ3) is 6.08. The minimum absolute atomic E-state index is 0.0692. The second-order valence-corrected chi connectivity index (χ2v) is 10.3. The van der Waals surface area contributed by atoms with E-state index in [9.17, 15) is 21.6 Å². The number of hydrogen-bond acceptors (Lipinski definition) is 4. The van der Waals surface area contributed by atoms with Crippen LogP contribution in [0.4, 0.5) is 13.2 Å². The van der Waals surface area contributed by atoms with Gasteiger partial charge in [-0.2, -0.15) is 13.2 Å². The molecular weight excluding hydrogens is 407 g/mol. The molecule has 29 heavy (non-hydrogen) atoms. The first kappa shape index (κ1) is 23.5. The van der Waals surface area contributed by atoms with E-state index in [0.717, 1.165) is 12.1 Å². The lowest BCUT2D eigenvalue weighted by atomic mass is 10.0. The van der Waals surface area contributed by atoms with Crippen LogP contribution in [0.2, 0.25) is 0 Å². The van der Waals surface area contributed by atoms with E-state index in [2.05, 4.69) is 10.3 Å². The summed E-state index contributed by atoms with van der Waals surface area (Å²) in [5.41, 5.74) is -0.275. The van der Waals surface area contributed by atoms with E-state index in [1.165, 1.54) is 12.3 Å². The number of morpholine rings is 1. The quantitative estimate of drug-likeness (QED) is 0.569. The van der Waals surface area contributed by atoms with Crippen LogP contribution >= 0.6 is 0 Å². The van der Waals surface area contributed by atoms with E-state index in [4.69, 9.17) is 4.74 Å². The van der Waals surface area contributed by atoms with Gasteiger partial charge in [0.15, 0.2) is 15.8 Å². The second kappa shape index (κ2) is 8.91. The maximum absolute atomic E-state index is 13.0. The molecule has 0 saturated carbocycles. The lowest BCUT2D eigenvalue weighted by Crippen LogP contribution is -2.49. The number of ether oxygens (including phenoxy) is 1. The minimum atomic E-state index is -4.42. The zero-order valence-electron chi connectivity index (χ0n) is 17.1. The van der Waals surface area contributed by atoms with Gasteiger partial charge in [-0.05, 0) is 38.5 Å². The molecular formula is C19H28F3N3O3S. The zero-order valence-corrected chi connectivity index (χ0v) is 17.9. The van der Waals surface area contributed by atoms with Gasteiger partial charge in [0.05, 0.1) is 30.0 Å². The molecule has 0 radical (unpaired) electrons. The zero-order chi connectivity index (χ0) is 21.9. The molecule has 1 aromatic rings. The van der Waals surface area contributed by atoms with Crippen molar-refractivity contribution in [3.8, 4) is 0 Å². The Bertz CT molecular complexity index is 839. The molecule has 2 rings (SSSR count). The number of aliphatic imine (C=N–C) groups is 1. The van der Waals surface area contributed by atoms with E-state index in [1.54, 1.807) is 19.9 Å². The predicted octanol–water partition coefficient (Wildman–Crippen LogP) is 2.87. The summed E-state index contributed by atoms with van der Waals surface area (Å²) >= 11 is 0. The molecule has 10 heteroatoms. The third-order valence-electron chi connectivity index (χ3n) is 4.90. The highest BCUT2D eigenvalue weighted by molar-refractivity contribution is 7.92. The lowest BCUT2D eigenvalue weighted by molar-refractivity contribution is -0.137. The van der Waals surface area contributed by atoms with Gasteiger partial charge in [0.1, 0.15) is 6.10 Å². The molecule has 0 spiro atoms. The first-order chi connectivity index (χ1) is 13.3. The van der Waals surface area contributed by atoms with E-state index in [1.807, 2.05) is 11.8 Å². The van der Waals surface area contributed by atoms with Crippen molar-refractivity contribution >= 4 is 15.8 Å². The third-order valence-corrected chi connectivity index (χ3v) is 7.04. The van der Waals surface area contributed by atoms with Gasteiger partial charge in [0, 0.05) is 19.3 Å². The van der Waals surface area contributed by atoms with Crippen molar-refractivity contribution < 1.29 is 26.3 Å². The fourth-order valence-electron chi connectivity index (χ4n) is 2.77. The van der Waals surface area contributed by atoms with Gasteiger partial charge < -0.3 is 15.0 Å². The Kier molecular flexibility index (Phi) is 7.21. The summed E-state index contributed by atoms with van der Waals surface area (Å²) in [6, 6.07) is 5.11. The van der Waals surface area contributed by atoms with Crippen LogP contribution < -0.4 is 5.32 Å². The highest BCUT2D eigenvalue weighted by Crippen LogP contribution is 2.32. The number of hydrogen-bond donors (Lipinski definition) is 1. The highest BCUT2D eigenvalue weighted by Gasteiger charge is 2.33. The molecule has 0 aliphatic carbocycles. The van der Waals surface area contributed by atoms with Gasteiger partial charge in [-0.25, -0.2) is 8.42 Å². The Morgan fingerprint density at radius 1 is 1.34 bits per heavy atom. The molecule has 1 atom stereocenters. The summed E-state index contributed by atoms with van der Waals surface area (Å²) in [6.07, 6.45) is -3.79. The number of halogens is 3. The second-order valence-electron chi connectivity index (χ2n) is 7.63. The number of nitrogens with one attached hydrogen (secondary N) is 1. The average molecular weight is 436 g/mol. The summed E-state index contributed by atoms with van der Waals surface area (Å²) < 4.78 is 67.6. The highest BCUT2D eigenvalue weighted by atomic mass is 32.2. The number of guanidine groups is 1. The van der Waals surface area contributed by atoms with Crippen molar-refractivity contribution in [3.63, 3.8) is 0 Å². The van der Waals surface area contributed by atoms with Crippen LogP contribution in [0.5, 0.6) is 0 Å². The summed E-state index contributed by atoms with van der Waals surface area (Å²) in [6.45, 7) is 6.89. The van der Waals surface area contributed by atoms with E-state index in [-0.39, 0.29) is 6.54 Å². The van der Waals surface area contributed by atoms with Crippen LogP contribution in [0.3, 0.4) is 0 Å². The smallest absolute Gasteiger partial charge is 0.370 e. The first-order valence-electron chi connectivity index (χ1n) is 9.37. The lowest BCUT2D eigenvalue weighted by Gasteiger charge is -2.36. The van der Waals surface area contributed by atoms with Gasteiger partial charge in [0.2, 0.25) is 0 Å². The van der Waals surface area contributed by atoms with Gasteiger partial charge in [-0.1, -0.05) is 12.1 Å². The van der Waals surface area contributed by atoms with Crippen molar-refractivity contribution in [1.82, 2.24) is 10.2 Å². The van der Waals surface area contributed by atoms with Gasteiger partial charge >= 0.3 is 6.18 Å². The molecule has 1 saturated heterocycles. The summed E-state index contributed by atoms with van der Waals surface area (Å²) in [7, 11) is -3.30. The van der Waals surface area contributed by atoms with Crippen molar-refractivity contribution in [2.24, 2.45) is 4.99 Å². The molecule has 0 amide bonds. The van der Waals surface area contributed by atoms with Gasteiger partial charge in [-0.15, -0.1) is 0 Å². The minimum Gasteiger partial charge on any atom is -0.370 e. The Labute approximate surface area is 170 Å². The fraction of sp³-hybridized carbons (Fsp3) is 0.632. The molecule has 1 fully saturated rings. The van der Waals surface area contributed by atoms with Crippen LogP contribution in [0, 0.1) is 0 Å². The molecule has 6 nitrogen and oxygen atoms in total. The standard InChI is InChI=1S/C19H28F3N3O3S/c1-5-23-17(24-13-18(2,3)29(4,26)27)25-9-10-28-16(12-25)14-7-6-8-15(11-14)19(20,21)22/h6-8,11,16H,5,9-10,12-13H2,1-4H3,(H,23,24). The van der Waals surface area contributed by atoms with Crippen molar-refractivity contribution in [2.75, 3.05) is 39.0 Å². The maximum Gasteiger partial charge on any atom is 0.416 e. The normalized spacial score (nSPS) is 19.3. The largest absolute Gasteiger partial charge is 0.416 e. The van der Waals surface area contributed by atoms with Crippen molar-refractivity contribution in [1.29, 1.82) is 0 Å². The Morgan fingerprint density at radius 2 is 2.03 bits per heavy atom. The van der Waals surface area contributed by atoms with Crippen LogP contribution in [-0.4, -0.2) is 63.1 Å². The first-order valence-corrected chi connectivity index (χ1v) is 11.3. The monoisotopic (exact) mass is 435 g/mol. The molecule has 1 aromatic carbocycles. The number of rotatable bonds is 5. The molecule has 1 aliphatic rings. The van der Waals surface area contributed by atoms with Gasteiger partial charge in [0.25, 0.3) is 0 Å². The van der Waals surface area contributed by atoms with Crippen LogP contribution in [-0.2, 0) is 20.8 Å². The Balaban J connectivity index is 2.22. The molecule has 1 N–H and O–H groups in total. The molecule has 1 heterocycles. The van der Waals surface area contributed by atoms with Gasteiger partial charge in [-0.3, -0.25) is 4.99 Å². The molecule has 1 unspecified atom stereocenters. The number of nitrogens with zero attached hydrogens (tertiary/aromatic N) is 2. The molecule has 1 aliphatic heterocycles. The van der Waals surface area contributed by atoms with Crippen molar-refractivity contribution in [3.05, 3.63) is 35.4 Å². The van der Waals surface area contributed by atoms with Crippen LogP contribution in [0.15, 0.2) is 29.3 Å². The Morgan fingerprint density at radius 3 is 2.62 bits per heavy atom. The van der Waals surface area contributed by atoms with E-state index < -0.39 is 32.4 Å². The molecule has 0 aromatic heterocycles. The summed E-state index contributed by atoms with van der Waals surface area (Å²) in [4.78, 5) is 6.36. The predicted molar refractivity (Wildman–Crippen MR) is 107 cm³/mol. The average Bonchev–Trinajstić information content (AvgIpc) is 2.64. The maximum atomic E-state index is 13.0. The molecule has 0 bridgehead atoms. The number of benzene rings is 1. The number of sulfone groups is 1. The summed E-state index contributed by atoms with van der Waals surface area (Å²) in [5.74, 6) is 0.518. The van der Waals surface area contributed by atoms with E-state index >= 15 is 0 Å². The SMILES string of the molecule is CCNC(=NCC(C)(C)S(C)(=O)=O)N1CCOC(c2cccc(C(F)(F)F)c2)C1.